The molecule has 1 aliphatic rings. The highest BCUT2D eigenvalue weighted by atomic mass is 35.5. The summed E-state index contributed by atoms with van der Waals surface area (Å²) in [6.07, 6.45) is 2.96. The van der Waals surface area contributed by atoms with Crippen molar-refractivity contribution in [2.45, 2.75) is 38.6 Å². The maximum absolute atomic E-state index is 13.2. The third-order valence-electron chi connectivity index (χ3n) is 5.87. The normalized spacial score (nSPS) is 15.5. The van der Waals surface area contributed by atoms with Gasteiger partial charge in [-0.05, 0) is 43.5 Å². The van der Waals surface area contributed by atoms with E-state index < -0.39 is 0 Å². The molecule has 0 radical (unpaired) electrons. The third-order valence-corrected chi connectivity index (χ3v) is 6.12. The van der Waals surface area contributed by atoms with Crippen LogP contribution in [0.4, 0.5) is 0 Å². The van der Waals surface area contributed by atoms with Crippen LogP contribution in [-0.4, -0.2) is 40.1 Å². The number of benzene rings is 2. The third kappa shape index (κ3) is 4.63. The minimum atomic E-state index is -0.0207. The highest BCUT2D eigenvalue weighted by Crippen LogP contribution is 2.24. The quantitative estimate of drug-likeness (QED) is 0.594. The molecule has 30 heavy (non-hydrogen) atoms. The minimum Gasteiger partial charge on any atom is -0.303 e. The molecule has 5 nitrogen and oxygen atoms in total. The summed E-state index contributed by atoms with van der Waals surface area (Å²) >= 11 is 6.03. The van der Waals surface area contributed by atoms with E-state index in [9.17, 15) is 9.59 Å². The predicted octanol–water partition coefficient (Wildman–Crippen LogP) is 4.26. The summed E-state index contributed by atoms with van der Waals surface area (Å²) < 4.78 is 1.70. The van der Waals surface area contributed by atoms with Crippen LogP contribution in [0.1, 0.15) is 43.5 Å². The number of hydrogen-bond donors (Lipinski definition) is 0. The maximum Gasteiger partial charge on any atom is 0.274 e. The molecule has 6 heteroatoms. The molecule has 0 bridgehead atoms. The average molecular weight is 424 g/mol. The van der Waals surface area contributed by atoms with Gasteiger partial charge in [0.15, 0.2) is 0 Å². The van der Waals surface area contributed by atoms with E-state index in [0.29, 0.717) is 17.9 Å². The molecule has 0 aliphatic carbocycles. The molecular weight excluding hydrogens is 398 g/mol. The number of carbonyl (C=O) groups is 1. The van der Waals surface area contributed by atoms with E-state index in [2.05, 4.69) is 4.90 Å². The van der Waals surface area contributed by atoms with E-state index in [1.807, 2.05) is 48.5 Å². The van der Waals surface area contributed by atoms with Crippen LogP contribution >= 0.6 is 11.6 Å². The van der Waals surface area contributed by atoms with Crippen molar-refractivity contribution in [3.8, 4) is 0 Å². The van der Waals surface area contributed by atoms with Gasteiger partial charge in [0.1, 0.15) is 5.78 Å². The van der Waals surface area contributed by atoms with Crippen molar-refractivity contribution < 1.29 is 4.79 Å². The number of Topliss-reactive ketones (excluding diaryl/α,β-unsaturated/α-hetero) is 1. The molecule has 0 amide bonds. The lowest BCUT2D eigenvalue weighted by atomic mass is 10.0. The van der Waals surface area contributed by atoms with Crippen LogP contribution < -0.4 is 5.56 Å². The van der Waals surface area contributed by atoms with Gasteiger partial charge in [-0.15, -0.1) is 0 Å². The Hall–Kier alpha value is -2.50. The molecule has 1 fully saturated rings. The lowest BCUT2D eigenvalue weighted by Gasteiger charge is -2.32. The Morgan fingerprint density at radius 3 is 2.40 bits per heavy atom. The van der Waals surface area contributed by atoms with Crippen molar-refractivity contribution in [3.63, 3.8) is 0 Å². The molecule has 4 rings (SSSR count). The number of aromatic nitrogens is 2. The molecule has 1 saturated heterocycles. The number of fused-ring (bicyclic) bond motifs is 1. The number of hydrogen-bond acceptors (Lipinski definition) is 4. The van der Waals surface area contributed by atoms with Gasteiger partial charge < -0.3 is 4.90 Å². The van der Waals surface area contributed by atoms with Gasteiger partial charge in [0, 0.05) is 42.9 Å². The number of likely N-dealkylation sites (tertiary alicyclic amines) is 1. The lowest BCUT2D eigenvalue weighted by Crippen LogP contribution is -2.39. The predicted molar refractivity (Wildman–Crippen MR) is 120 cm³/mol. The Labute approximate surface area is 181 Å². The van der Waals surface area contributed by atoms with Crippen LogP contribution in [0.15, 0.2) is 53.3 Å². The van der Waals surface area contributed by atoms with Gasteiger partial charge >= 0.3 is 0 Å². The first kappa shape index (κ1) is 20.8. The van der Waals surface area contributed by atoms with E-state index in [1.165, 1.54) is 0 Å². The van der Waals surface area contributed by atoms with Gasteiger partial charge in [-0.3, -0.25) is 9.59 Å². The van der Waals surface area contributed by atoms with Crippen LogP contribution in [0.25, 0.3) is 10.8 Å². The van der Waals surface area contributed by atoms with Crippen LogP contribution in [-0.2, 0) is 11.2 Å². The Balaban J connectivity index is 1.62. The Bertz CT molecular complexity index is 1100. The van der Waals surface area contributed by atoms with Crippen molar-refractivity contribution >= 4 is 28.2 Å². The van der Waals surface area contributed by atoms with Crippen LogP contribution in [0, 0.1) is 0 Å². The second-order valence-corrected chi connectivity index (χ2v) is 8.51. The van der Waals surface area contributed by atoms with E-state index in [1.54, 1.807) is 11.6 Å². The molecule has 0 unspecified atom stereocenters. The van der Waals surface area contributed by atoms with Crippen molar-refractivity contribution in [1.29, 1.82) is 0 Å². The van der Waals surface area contributed by atoms with Crippen molar-refractivity contribution in [3.05, 3.63) is 75.2 Å². The summed E-state index contributed by atoms with van der Waals surface area (Å²) in [5.74, 6) is 0.219. The van der Waals surface area contributed by atoms with Crippen molar-refractivity contribution in [2.24, 2.45) is 0 Å². The maximum atomic E-state index is 13.2. The van der Waals surface area contributed by atoms with Crippen LogP contribution in [0.5, 0.6) is 0 Å². The molecule has 3 aromatic rings. The molecule has 156 valence electrons. The van der Waals surface area contributed by atoms with Crippen molar-refractivity contribution in [1.82, 2.24) is 14.7 Å². The fourth-order valence-electron chi connectivity index (χ4n) is 4.15. The van der Waals surface area contributed by atoms with Gasteiger partial charge in [0.05, 0.1) is 17.1 Å². The number of piperidine rings is 1. The minimum absolute atomic E-state index is 0.0207. The lowest BCUT2D eigenvalue weighted by molar-refractivity contribution is -0.117. The first-order valence-corrected chi connectivity index (χ1v) is 10.9. The molecule has 2 heterocycles. The highest BCUT2D eigenvalue weighted by molar-refractivity contribution is 6.30. The Morgan fingerprint density at radius 1 is 1.07 bits per heavy atom. The van der Waals surface area contributed by atoms with Crippen molar-refractivity contribution in [2.75, 3.05) is 19.6 Å². The zero-order chi connectivity index (χ0) is 21.1. The zero-order valence-corrected chi connectivity index (χ0v) is 17.9. The monoisotopic (exact) mass is 423 g/mol. The van der Waals surface area contributed by atoms with Gasteiger partial charge in [0.2, 0.25) is 0 Å². The molecule has 0 spiro atoms. The molecule has 1 aliphatic heterocycles. The number of rotatable bonds is 6. The molecule has 1 aromatic heterocycles. The second-order valence-electron chi connectivity index (χ2n) is 8.07. The average Bonchev–Trinajstić information content (AvgIpc) is 2.76. The summed E-state index contributed by atoms with van der Waals surface area (Å²) in [7, 11) is 0. The largest absolute Gasteiger partial charge is 0.303 e. The fraction of sp³-hybridized carbons (Fsp3) is 0.375. The summed E-state index contributed by atoms with van der Waals surface area (Å²) in [5.41, 5.74) is 2.00. The van der Waals surface area contributed by atoms with E-state index >= 15 is 0 Å². The Morgan fingerprint density at radius 2 is 1.73 bits per heavy atom. The standard InChI is InChI=1S/C24H26ClN3O2/c1-17(29)10-13-27-14-11-20(12-15-27)28-24(30)22-5-3-2-4-21(22)23(26-28)16-18-6-8-19(25)9-7-18/h2-9,20H,10-16H2,1H3. The van der Waals surface area contributed by atoms with Crippen LogP contribution in [0.3, 0.4) is 0 Å². The summed E-state index contributed by atoms with van der Waals surface area (Å²) in [6, 6.07) is 15.6. The van der Waals surface area contributed by atoms with Gasteiger partial charge in [0.25, 0.3) is 5.56 Å². The zero-order valence-electron chi connectivity index (χ0n) is 17.2. The molecular formula is C24H26ClN3O2. The summed E-state index contributed by atoms with van der Waals surface area (Å²) in [6.45, 7) is 4.19. The number of carbonyl (C=O) groups excluding carboxylic acids is 1. The highest BCUT2D eigenvalue weighted by Gasteiger charge is 2.23. The first-order valence-electron chi connectivity index (χ1n) is 10.5. The van der Waals surface area contributed by atoms with E-state index in [-0.39, 0.29) is 17.4 Å². The van der Waals surface area contributed by atoms with Gasteiger partial charge in [-0.1, -0.05) is 41.9 Å². The number of nitrogens with zero attached hydrogens (tertiary/aromatic N) is 3. The number of ketones is 1. The van der Waals surface area contributed by atoms with Crippen LogP contribution in [0.2, 0.25) is 5.02 Å². The fourth-order valence-corrected chi connectivity index (χ4v) is 4.28. The molecule has 0 saturated carbocycles. The Kier molecular flexibility index (Phi) is 6.30. The number of halogens is 1. The second kappa shape index (κ2) is 9.11. The molecule has 0 N–H and O–H groups in total. The molecule has 2 aromatic carbocycles. The first-order chi connectivity index (χ1) is 14.5. The van der Waals surface area contributed by atoms with Gasteiger partial charge in [-0.25, -0.2) is 4.68 Å². The van der Waals surface area contributed by atoms with Gasteiger partial charge in [-0.2, -0.15) is 5.10 Å². The summed E-state index contributed by atoms with van der Waals surface area (Å²) in [4.78, 5) is 26.8. The van der Waals surface area contributed by atoms with E-state index in [0.717, 1.165) is 54.5 Å². The topological polar surface area (TPSA) is 55.2 Å². The molecule has 0 atom stereocenters. The summed E-state index contributed by atoms with van der Waals surface area (Å²) in [5, 5.41) is 7.17. The SMILES string of the molecule is CC(=O)CCN1CCC(n2nc(Cc3ccc(Cl)cc3)c3ccccc3c2=O)CC1. The van der Waals surface area contributed by atoms with E-state index in [4.69, 9.17) is 16.7 Å². The smallest absolute Gasteiger partial charge is 0.274 e.